The van der Waals surface area contributed by atoms with E-state index >= 15 is 0 Å². The number of carbonyl (C=O) groups is 1. The molecule has 0 aliphatic carbocycles. The van der Waals surface area contributed by atoms with Crippen LogP contribution in [-0.4, -0.2) is 14.9 Å². The number of nitrogens with zero attached hydrogens (tertiary/aromatic N) is 2. The van der Waals surface area contributed by atoms with Crippen molar-refractivity contribution in [3.63, 3.8) is 0 Å². The number of thiol groups is 1. The van der Waals surface area contributed by atoms with Crippen LogP contribution in [0.3, 0.4) is 0 Å². The number of fused-ring (bicyclic) bond motifs is 1. The van der Waals surface area contributed by atoms with Gasteiger partial charge < -0.3 is 5.32 Å². The van der Waals surface area contributed by atoms with Crippen LogP contribution in [0.2, 0.25) is 0 Å². The molecule has 7 heteroatoms. The normalized spacial score (nSPS) is 16.8. The third-order valence-electron chi connectivity index (χ3n) is 3.91. The van der Waals surface area contributed by atoms with E-state index in [0.717, 1.165) is 16.5 Å². The van der Waals surface area contributed by atoms with Gasteiger partial charge in [0.15, 0.2) is 0 Å². The number of anilines is 1. The molecule has 1 N–H and O–H groups in total. The minimum Gasteiger partial charge on any atom is -0.310 e. The first-order valence-electron chi connectivity index (χ1n) is 7.41. The zero-order chi connectivity index (χ0) is 16.6. The van der Waals surface area contributed by atoms with Gasteiger partial charge in [-0.2, -0.15) is 0 Å². The summed E-state index contributed by atoms with van der Waals surface area (Å²) < 4.78 is 2.25. The predicted molar refractivity (Wildman–Crippen MR) is 96.1 cm³/mol. The lowest BCUT2D eigenvalue weighted by atomic mass is 9.87. The Bertz CT molecular complexity index is 817. The standard InChI is InChI=1S/C16H16BrN3O2S/c1-2-3-12-18-15-14(16(22)20(12)23)11(8-13(21)19-15)9-4-6-10(17)7-5-9/h4-7,11,23H,2-3,8H2,1H3,(H,19,21). The Morgan fingerprint density at radius 1 is 1.35 bits per heavy atom. The number of aromatic nitrogens is 2. The van der Waals surface area contributed by atoms with E-state index in [9.17, 15) is 9.59 Å². The van der Waals surface area contributed by atoms with Crippen LogP contribution < -0.4 is 10.9 Å². The third kappa shape index (κ3) is 3.07. The molecule has 0 fully saturated rings. The molecule has 2 heterocycles. The molecule has 1 amide bonds. The Labute approximate surface area is 147 Å². The number of hydrogen-bond donors (Lipinski definition) is 2. The fraction of sp³-hybridized carbons (Fsp3) is 0.312. The van der Waals surface area contributed by atoms with E-state index in [2.05, 4.69) is 39.0 Å². The molecular weight excluding hydrogens is 378 g/mol. The molecule has 0 saturated heterocycles. The summed E-state index contributed by atoms with van der Waals surface area (Å²) >= 11 is 7.69. The highest BCUT2D eigenvalue weighted by Crippen LogP contribution is 2.34. The number of halogens is 1. The summed E-state index contributed by atoms with van der Waals surface area (Å²) in [6.45, 7) is 2.00. The zero-order valence-corrected chi connectivity index (χ0v) is 15.0. The summed E-state index contributed by atoms with van der Waals surface area (Å²) in [5, 5.41) is 2.73. The van der Waals surface area contributed by atoms with Gasteiger partial charge in [0, 0.05) is 23.2 Å². The van der Waals surface area contributed by atoms with Gasteiger partial charge in [-0.1, -0.05) is 47.8 Å². The molecule has 1 aliphatic heterocycles. The summed E-state index contributed by atoms with van der Waals surface area (Å²) in [6, 6.07) is 7.64. The van der Waals surface area contributed by atoms with Gasteiger partial charge in [0.25, 0.3) is 5.56 Å². The van der Waals surface area contributed by atoms with Crippen molar-refractivity contribution in [2.75, 3.05) is 5.32 Å². The van der Waals surface area contributed by atoms with Gasteiger partial charge in [0.05, 0.1) is 5.56 Å². The maximum Gasteiger partial charge on any atom is 0.269 e. The van der Waals surface area contributed by atoms with Crippen molar-refractivity contribution < 1.29 is 4.79 Å². The number of rotatable bonds is 3. The molecule has 1 aromatic carbocycles. The molecule has 0 spiro atoms. The van der Waals surface area contributed by atoms with Gasteiger partial charge >= 0.3 is 0 Å². The number of aryl methyl sites for hydroxylation is 1. The lowest BCUT2D eigenvalue weighted by Crippen LogP contribution is -2.34. The number of hydrogen-bond acceptors (Lipinski definition) is 4. The van der Waals surface area contributed by atoms with Gasteiger partial charge in [-0.15, -0.1) is 0 Å². The lowest BCUT2D eigenvalue weighted by Gasteiger charge is -2.25. The maximum absolute atomic E-state index is 12.8. The highest BCUT2D eigenvalue weighted by Gasteiger charge is 2.31. The van der Waals surface area contributed by atoms with Crippen molar-refractivity contribution >= 4 is 40.5 Å². The molecular formula is C16H16BrN3O2S. The first-order chi connectivity index (χ1) is 11.0. The molecule has 0 saturated carbocycles. The Balaban J connectivity index is 2.17. The average molecular weight is 394 g/mol. The van der Waals surface area contributed by atoms with Crippen molar-refractivity contribution in [3.8, 4) is 0 Å². The molecule has 1 atom stereocenters. The van der Waals surface area contributed by atoms with Crippen molar-refractivity contribution in [1.82, 2.24) is 8.96 Å². The largest absolute Gasteiger partial charge is 0.310 e. The summed E-state index contributed by atoms with van der Waals surface area (Å²) in [6.07, 6.45) is 1.70. The highest BCUT2D eigenvalue weighted by atomic mass is 79.9. The first kappa shape index (κ1) is 16.3. The van der Waals surface area contributed by atoms with Crippen LogP contribution in [0.1, 0.15) is 42.6 Å². The van der Waals surface area contributed by atoms with Crippen LogP contribution in [0.15, 0.2) is 33.5 Å². The van der Waals surface area contributed by atoms with E-state index in [0.29, 0.717) is 23.6 Å². The van der Waals surface area contributed by atoms with Crippen molar-refractivity contribution in [1.29, 1.82) is 0 Å². The molecule has 23 heavy (non-hydrogen) atoms. The topological polar surface area (TPSA) is 64.0 Å². The van der Waals surface area contributed by atoms with E-state index in [1.54, 1.807) is 0 Å². The Kier molecular flexibility index (Phi) is 4.59. The van der Waals surface area contributed by atoms with E-state index in [4.69, 9.17) is 0 Å². The number of amides is 1. The Morgan fingerprint density at radius 3 is 2.70 bits per heavy atom. The lowest BCUT2D eigenvalue weighted by molar-refractivity contribution is -0.116. The van der Waals surface area contributed by atoms with Crippen LogP contribution in [0.25, 0.3) is 0 Å². The van der Waals surface area contributed by atoms with Crippen LogP contribution >= 0.6 is 28.7 Å². The summed E-state index contributed by atoms with van der Waals surface area (Å²) in [4.78, 5) is 29.3. The SMILES string of the molecule is CCCc1nc2c(c(=O)n1S)C(c1ccc(Br)cc1)CC(=O)N2. The second-order valence-electron chi connectivity index (χ2n) is 5.51. The van der Waals surface area contributed by atoms with E-state index in [1.165, 1.54) is 3.97 Å². The number of benzene rings is 1. The molecule has 1 aromatic heterocycles. The molecule has 120 valence electrons. The molecule has 2 aromatic rings. The van der Waals surface area contributed by atoms with Crippen molar-refractivity contribution in [2.45, 2.75) is 32.1 Å². The second kappa shape index (κ2) is 6.49. The summed E-state index contributed by atoms with van der Waals surface area (Å²) in [5.41, 5.74) is 1.20. The van der Waals surface area contributed by atoms with E-state index in [-0.39, 0.29) is 23.8 Å². The van der Waals surface area contributed by atoms with Crippen LogP contribution in [0.4, 0.5) is 5.82 Å². The van der Waals surface area contributed by atoms with Gasteiger partial charge in [-0.3, -0.25) is 9.59 Å². The quantitative estimate of drug-likeness (QED) is 0.787. The predicted octanol–water partition coefficient (Wildman–Crippen LogP) is 3.13. The molecule has 1 unspecified atom stereocenters. The van der Waals surface area contributed by atoms with Crippen molar-refractivity contribution in [3.05, 3.63) is 56.0 Å². The van der Waals surface area contributed by atoms with Gasteiger partial charge in [0.2, 0.25) is 5.91 Å². The minimum atomic E-state index is -0.305. The van der Waals surface area contributed by atoms with E-state index in [1.807, 2.05) is 31.2 Å². The minimum absolute atomic E-state index is 0.128. The number of carbonyl (C=O) groups excluding carboxylic acids is 1. The second-order valence-corrected chi connectivity index (χ2v) is 6.83. The Hall–Kier alpha value is -1.60. The van der Waals surface area contributed by atoms with Gasteiger partial charge in [0.1, 0.15) is 11.6 Å². The summed E-state index contributed by atoms with van der Waals surface area (Å²) in [5.74, 6) is 0.502. The fourth-order valence-corrected chi connectivity index (χ4v) is 3.33. The van der Waals surface area contributed by atoms with Crippen LogP contribution in [0, 0.1) is 0 Å². The first-order valence-corrected chi connectivity index (χ1v) is 8.61. The highest BCUT2D eigenvalue weighted by molar-refractivity contribution is 9.10. The van der Waals surface area contributed by atoms with Gasteiger partial charge in [-0.05, 0) is 24.1 Å². The monoisotopic (exact) mass is 393 g/mol. The van der Waals surface area contributed by atoms with Crippen molar-refractivity contribution in [2.24, 2.45) is 0 Å². The number of nitrogens with one attached hydrogen (secondary N) is 1. The average Bonchev–Trinajstić information content (AvgIpc) is 2.52. The van der Waals surface area contributed by atoms with Crippen LogP contribution in [-0.2, 0) is 11.2 Å². The molecule has 1 aliphatic rings. The van der Waals surface area contributed by atoms with Gasteiger partial charge in [-0.25, -0.2) is 8.96 Å². The molecule has 0 radical (unpaired) electrons. The third-order valence-corrected chi connectivity index (χ3v) is 4.85. The molecule has 3 rings (SSSR count). The maximum atomic E-state index is 12.8. The van der Waals surface area contributed by atoms with Crippen LogP contribution in [0.5, 0.6) is 0 Å². The smallest absolute Gasteiger partial charge is 0.269 e. The zero-order valence-electron chi connectivity index (χ0n) is 12.5. The Morgan fingerprint density at radius 2 is 2.04 bits per heavy atom. The molecule has 0 bridgehead atoms. The fourth-order valence-electron chi connectivity index (χ4n) is 2.81. The molecule has 5 nitrogen and oxygen atoms in total. The summed E-state index contributed by atoms with van der Waals surface area (Å²) in [7, 11) is 0. The van der Waals surface area contributed by atoms with E-state index < -0.39 is 0 Å².